The molecule has 2 amide bonds. The van der Waals surface area contributed by atoms with E-state index in [0.29, 0.717) is 78.0 Å². The number of ether oxygens (including phenoxy) is 2. The average molecular weight is 776 g/mol. The van der Waals surface area contributed by atoms with Crippen LogP contribution in [0.5, 0.6) is 11.5 Å². The van der Waals surface area contributed by atoms with Gasteiger partial charge in [0.25, 0.3) is 0 Å². The zero-order chi connectivity index (χ0) is 38.1. The summed E-state index contributed by atoms with van der Waals surface area (Å²) in [5.74, 6) is 1.99. The van der Waals surface area contributed by atoms with Crippen LogP contribution in [0.3, 0.4) is 0 Å². The number of amides is 2. The van der Waals surface area contributed by atoms with Crippen molar-refractivity contribution in [1.82, 2.24) is 60.3 Å². The number of nitrogens with one attached hydrogen (secondary N) is 4. The van der Waals surface area contributed by atoms with E-state index in [4.69, 9.17) is 37.7 Å². The molecular weight excluding hydrogens is 751 g/mol. The number of hydrogen-bond donors (Lipinski definition) is 4. The number of aromatic nitrogens is 12. The molecule has 55 heavy (non-hydrogen) atoms. The van der Waals surface area contributed by atoms with Gasteiger partial charge in [-0.3, -0.25) is 30.4 Å². The van der Waals surface area contributed by atoms with Gasteiger partial charge >= 0.3 is 0 Å². The number of H-pyrrole nitrogens is 2. The second-order valence-electron chi connectivity index (χ2n) is 11.6. The number of halogens is 2. The zero-order valence-corrected chi connectivity index (χ0v) is 30.0. The lowest BCUT2D eigenvalue weighted by molar-refractivity contribution is -0.115. The van der Waals surface area contributed by atoms with Gasteiger partial charge in [-0.1, -0.05) is 29.3 Å². The smallest absolute Gasteiger partial charge is 0.231 e. The van der Waals surface area contributed by atoms with Crippen molar-refractivity contribution >= 4 is 69.0 Å². The van der Waals surface area contributed by atoms with Gasteiger partial charge in [0.2, 0.25) is 30.5 Å². The Hall–Kier alpha value is -7.18. The SMILES string of the molecule is CC(=O)Nc1nc(-c2ncn[nH]2)c2nc(-c3ccc(Cl)c(Cl)c3)ccc2n1.CC(=O)Nc1nc(-c2ncn[nH]2)c2nc(-c3ccc4c(c3)OCO4)ccc2n1. The van der Waals surface area contributed by atoms with Crippen LogP contribution in [0.15, 0.2) is 73.3 Å². The molecule has 0 spiro atoms. The molecule has 7 heterocycles. The summed E-state index contributed by atoms with van der Waals surface area (Å²) >= 11 is 12.1. The highest BCUT2D eigenvalue weighted by molar-refractivity contribution is 6.42. The van der Waals surface area contributed by atoms with Crippen LogP contribution < -0.4 is 20.1 Å². The number of carbonyl (C=O) groups is 2. The molecule has 0 saturated carbocycles. The van der Waals surface area contributed by atoms with E-state index in [1.807, 2.05) is 36.4 Å². The maximum absolute atomic E-state index is 11.4. The van der Waals surface area contributed by atoms with Crippen molar-refractivity contribution in [2.45, 2.75) is 13.8 Å². The van der Waals surface area contributed by atoms with Gasteiger partial charge in [0.05, 0.1) is 32.5 Å². The normalized spacial score (nSPS) is 11.6. The average Bonchev–Trinajstić information content (AvgIpc) is 3.99. The van der Waals surface area contributed by atoms with Crippen molar-refractivity contribution < 1.29 is 19.1 Å². The molecule has 9 rings (SSSR count). The van der Waals surface area contributed by atoms with Crippen molar-refractivity contribution in [2.24, 2.45) is 0 Å². The van der Waals surface area contributed by atoms with Crippen LogP contribution in [0, 0.1) is 0 Å². The van der Waals surface area contributed by atoms with Gasteiger partial charge in [-0.2, -0.15) is 10.2 Å². The lowest BCUT2D eigenvalue weighted by Crippen LogP contribution is -2.10. The van der Waals surface area contributed by atoms with Crippen LogP contribution in [0.25, 0.3) is 67.6 Å². The third kappa shape index (κ3) is 7.39. The highest BCUT2D eigenvalue weighted by Crippen LogP contribution is 2.36. The van der Waals surface area contributed by atoms with Gasteiger partial charge in [0, 0.05) is 25.0 Å². The maximum atomic E-state index is 11.4. The lowest BCUT2D eigenvalue weighted by atomic mass is 10.1. The Balaban J connectivity index is 0.000000155. The Morgan fingerprint density at radius 1 is 0.618 bits per heavy atom. The molecule has 18 nitrogen and oxygen atoms in total. The zero-order valence-electron chi connectivity index (χ0n) is 28.5. The molecule has 272 valence electrons. The summed E-state index contributed by atoms with van der Waals surface area (Å²) in [5, 5.41) is 19.3. The fraction of sp³-hybridized carbons (Fsp3) is 0.0857. The molecule has 0 saturated heterocycles. The first-order valence-electron chi connectivity index (χ1n) is 16.2. The molecule has 0 radical (unpaired) electrons. The van der Waals surface area contributed by atoms with E-state index in [-0.39, 0.29) is 30.5 Å². The van der Waals surface area contributed by atoms with Crippen molar-refractivity contribution in [3.63, 3.8) is 0 Å². The van der Waals surface area contributed by atoms with Gasteiger partial charge in [-0.15, -0.1) is 0 Å². The predicted octanol–water partition coefficient (Wildman–Crippen LogP) is 5.91. The quantitative estimate of drug-likeness (QED) is 0.154. The second-order valence-corrected chi connectivity index (χ2v) is 12.5. The van der Waals surface area contributed by atoms with Crippen molar-refractivity contribution in [2.75, 3.05) is 17.4 Å². The minimum Gasteiger partial charge on any atom is -0.454 e. The Labute approximate surface area is 319 Å². The number of carbonyl (C=O) groups excluding carboxylic acids is 2. The molecule has 1 aliphatic rings. The summed E-state index contributed by atoms with van der Waals surface area (Å²) in [6.45, 7) is 2.98. The molecule has 20 heteroatoms. The first kappa shape index (κ1) is 34.9. The number of aromatic amines is 2. The van der Waals surface area contributed by atoms with E-state index in [2.05, 4.69) is 65.9 Å². The first-order valence-corrected chi connectivity index (χ1v) is 16.9. The van der Waals surface area contributed by atoms with Gasteiger partial charge < -0.3 is 9.47 Å². The van der Waals surface area contributed by atoms with E-state index in [9.17, 15) is 9.59 Å². The highest BCUT2D eigenvalue weighted by Gasteiger charge is 2.19. The third-order valence-corrected chi connectivity index (χ3v) is 8.56. The Bertz CT molecular complexity index is 2750. The Morgan fingerprint density at radius 2 is 1.15 bits per heavy atom. The van der Waals surface area contributed by atoms with Crippen LogP contribution in [0.2, 0.25) is 10.0 Å². The maximum Gasteiger partial charge on any atom is 0.231 e. The summed E-state index contributed by atoms with van der Waals surface area (Å²) in [5.41, 5.74) is 6.03. The largest absolute Gasteiger partial charge is 0.454 e. The van der Waals surface area contributed by atoms with E-state index < -0.39 is 0 Å². The molecule has 0 unspecified atom stereocenters. The molecule has 0 atom stereocenters. The summed E-state index contributed by atoms with van der Waals surface area (Å²) in [6, 6.07) is 18.1. The highest BCUT2D eigenvalue weighted by atomic mass is 35.5. The van der Waals surface area contributed by atoms with Crippen LogP contribution in [0.1, 0.15) is 13.8 Å². The molecule has 4 N–H and O–H groups in total. The minimum atomic E-state index is -0.279. The van der Waals surface area contributed by atoms with Crippen molar-refractivity contribution in [3.8, 4) is 57.1 Å². The summed E-state index contributed by atoms with van der Waals surface area (Å²) in [4.78, 5) is 57.9. The Kier molecular flexibility index (Phi) is 9.31. The minimum absolute atomic E-state index is 0.158. The lowest BCUT2D eigenvalue weighted by Gasteiger charge is -2.09. The number of fused-ring (bicyclic) bond motifs is 3. The monoisotopic (exact) mass is 774 g/mol. The number of pyridine rings is 2. The van der Waals surface area contributed by atoms with E-state index in [1.165, 1.54) is 26.5 Å². The Morgan fingerprint density at radius 3 is 1.65 bits per heavy atom. The van der Waals surface area contributed by atoms with Crippen LogP contribution >= 0.6 is 23.2 Å². The topological polar surface area (TPSA) is 237 Å². The number of nitrogens with zero attached hydrogens (tertiary/aromatic N) is 10. The predicted molar refractivity (Wildman–Crippen MR) is 201 cm³/mol. The molecule has 2 aromatic carbocycles. The van der Waals surface area contributed by atoms with Crippen LogP contribution in [-0.2, 0) is 9.59 Å². The van der Waals surface area contributed by atoms with Gasteiger partial charge in [0.15, 0.2) is 23.1 Å². The summed E-state index contributed by atoms with van der Waals surface area (Å²) in [7, 11) is 0. The van der Waals surface area contributed by atoms with E-state index >= 15 is 0 Å². The van der Waals surface area contributed by atoms with Crippen LogP contribution in [0.4, 0.5) is 11.9 Å². The molecule has 0 fully saturated rings. The molecule has 0 aliphatic carbocycles. The summed E-state index contributed by atoms with van der Waals surface area (Å²) < 4.78 is 10.8. The fourth-order valence-electron chi connectivity index (χ4n) is 5.46. The van der Waals surface area contributed by atoms with Crippen LogP contribution in [-0.4, -0.2) is 78.9 Å². The fourth-order valence-corrected chi connectivity index (χ4v) is 5.76. The number of rotatable bonds is 6. The van der Waals surface area contributed by atoms with Gasteiger partial charge in [-0.05, 0) is 54.6 Å². The van der Waals surface area contributed by atoms with Crippen molar-refractivity contribution in [3.05, 3.63) is 83.4 Å². The van der Waals surface area contributed by atoms with Crippen molar-refractivity contribution in [1.29, 1.82) is 0 Å². The second kappa shape index (κ2) is 14.7. The standard InChI is InChI=1S/C18H13N7O3.C17H11Cl2N7O/c1-9(26)21-18-23-12-4-3-11(10-2-5-13-14(6-10)28-8-27-13)22-15(12)16(24-18)17-19-7-20-25-17;1-8(27)22-17-24-13-5-4-12(9-2-3-10(18)11(19)6-9)23-14(13)15(25-17)16-20-7-21-26-16/h2-7H,8H2,1H3,(H,19,20,25)(H,21,23,24,26);2-7H,1H3,(H,20,21,26)(H,22,24,25,27). The number of benzene rings is 2. The first-order chi connectivity index (χ1) is 26.7. The molecule has 1 aliphatic heterocycles. The molecule has 6 aromatic heterocycles. The summed E-state index contributed by atoms with van der Waals surface area (Å²) in [6.07, 6.45) is 2.74. The molecular formula is C35H24Cl2N14O4. The van der Waals surface area contributed by atoms with Gasteiger partial charge in [-0.25, -0.2) is 39.9 Å². The van der Waals surface area contributed by atoms with E-state index in [1.54, 1.807) is 24.3 Å². The number of hydrogen-bond acceptors (Lipinski definition) is 14. The van der Waals surface area contributed by atoms with E-state index in [0.717, 1.165) is 11.1 Å². The molecule has 0 bridgehead atoms. The molecule has 8 aromatic rings. The third-order valence-electron chi connectivity index (χ3n) is 7.82. The number of anilines is 2. The van der Waals surface area contributed by atoms with Gasteiger partial charge in [0.1, 0.15) is 35.1 Å².